The minimum Gasteiger partial charge on any atom is -0.385 e. The van der Waals surface area contributed by atoms with Crippen LogP contribution in [0.25, 0.3) is 11.0 Å². The van der Waals surface area contributed by atoms with Gasteiger partial charge < -0.3 is 9.88 Å². The molecule has 2 heterocycles. The van der Waals surface area contributed by atoms with Crippen LogP contribution in [0.2, 0.25) is 0 Å². The summed E-state index contributed by atoms with van der Waals surface area (Å²) >= 11 is 0. The number of rotatable bonds is 4. The third-order valence-corrected chi connectivity index (χ3v) is 3.51. The Morgan fingerprint density at radius 2 is 1.95 bits per heavy atom. The van der Waals surface area contributed by atoms with E-state index in [9.17, 15) is 0 Å². The second-order valence-electron chi connectivity index (χ2n) is 4.99. The molecule has 0 aliphatic carbocycles. The molecule has 0 bridgehead atoms. The highest BCUT2D eigenvalue weighted by atomic mass is 15.1. The minimum atomic E-state index is 0.869. The standard InChI is InChI=1S/C16H18N4/c1-12-3-5-13(6-4-12)18-10-8-16-19-14-11-17-9-7-15(14)20(16)2/h3-7,9,11,18H,8,10H2,1-2H3. The van der Waals surface area contributed by atoms with E-state index in [2.05, 4.69) is 58.1 Å². The molecule has 0 amide bonds. The first-order valence-corrected chi connectivity index (χ1v) is 6.80. The number of benzene rings is 1. The Hall–Kier alpha value is -2.36. The molecular weight excluding hydrogens is 248 g/mol. The molecule has 0 spiro atoms. The van der Waals surface area contributed by atoms with Gasteiger partial charge in [0.15, 0.2) is 0 Å². The van der Waals surface area contributed by atoms with Gasteiger partial charge in [0, 0.05) is 31.9 Å². The molecule has 3 rings (SSSR count). The number of aromatic nitrogens is 3. The van der Waals surface area contributed by atoms with Gasteiger partial charge in [0.05, 0.1) is 11.7 Å². The summed E-state index contributed by atoms with van der Waals surface area (Å²) in [5.41, 5.74) is 4.51. The fourth-order valence-electron chi connectivity index (χ4n) is 2.32. The summed E-state index contributed by atoms with van der Waals surface area (Å²) < 4.78 is 2.13. The third kappa shape index (κ3) is 2.50. The van der Waals surface area contributed by atoms with Gasteiger partial charge in [0.2, 0.25) is 0 Å². The van der Waals surface area contributed by atoms with Crippen LogP contribution in [0.1, 0.15) is 11.4 Å². The van der Waals surface area contributed by atoms with Crippen molar-refractivity contribution < 1.29 is 0 Å². The first-order valence-electron chi connectivity index (χ1n) is 6.80. The Bertz CT molecular complexity index is 713. The summed E-state index contributed by atoms with van der Waals surface area (Å²) in [5.74, 6) is 1.08. The lowest BCUT2D eigenvalue weighted by molar-refractivity contribution is 0.808. The minimum absolute atomic E-state index is 0.869. The Morgan fingerprint density at radius 1 is 1.15 bits per heavy atom. The summed E-state index contributed by atoms with van der Waals surface area (Å²) in [6, 6.07) is 10.4. The molecule has 4 heteroatoms. The molecule has 0 fully saturated rings. The van der Waals surface area contributed by atoms with E-state index in [1.54, 1.807) is 6.20 Å². The SMILES string of the molecule is Cc1ccc(NCCc2nc3cnccc3n2C)cc1. The van der Waals surface area contributed by atoms with Crippen molar-refractivity contribution in [3.63, 3.8) is 0 Å². The van der Waals surface area contributed by atoms with Gasteiger partial charge in [-0.15, -0.1) is 0 Å². The molecule has 20 heavy (non-hydrogen) atoms. The van der Waals surface area contributed by atoms with E-state index in [0.29, 0.717) is 0 Å². The fraction of sp³-hybridized carbons (Fsp3) is 0.250. The topological polar surface area (TPSA) is 42.7 Å². The van der Waals surface area contributed by atoms with Crippen LogP contribution < -0.4 is 5.32 Å². The largest absolute Gasteiger partial charge is 0.385 e. The van der Waals surface area contributed by atoms with Crippen molar-refractivity contribution >= 4 is 16.7 Å². The zero-order valence-corrected chi connectivity index (χ0v) is 11.8. The molecular formula is C16H18N4. The molecule has 3 aromatic rings. The van der Waals surface area contributed by atoms with E-state index in [4.69, 9.17) is 0 Å². The van der Waals surface area contributed by atoms with Gasteiger partial charge in [-0.05, 0) is 25.1 Å². The zero-order chi connectivity index (χ0) is 13.9. The lowest BCUT2D eigenvalue weighted by atomic mass is 10.2. The van der Waals surface area contributed by atoms with E-state index in [0.717, 1.165) is 35.5 Å². The Balaban J connectivity index is 1.68. The highest BCUT2D eigenvalue weighted by Gasteiger charge is 2.06. The number of nitrogens with one attached hydrogen (secondary N) is 1. The van der Waals surface area contributed by atoms with E-state index < -0.39 is 0 Å². The fourth-order valence-corrected chi connectivity index (χ4v) is 2.32. The molecule has 0 saturated carbocycles. The second kappa shape index (κ2) is 5.33. The Labute approximate surface area is 118 Å². The Kier molecular flexibility index (Phi) is 3.37. The van der Waals surface area contributed by atoms with Crippen molar-refractivity contribution in [2.75, 3.05) is 11.9 Å². The number of fused-ring (bicyclic) bond motifs is 1. The number of hydrogen-bond acceptors (Lipinski definition) is 3. The van der Waals surface area contributed by atoms with Crippen LogP contribution in [0.5, 0.6) is 0 Å². The van der Waals surface area contributed by atoms with Crippen LogP contribution in [0.4, 0.5) is 5.69 Å². The number of anilines is 1. The first-order chi connectivity index (χ1) is 9.74. The normalized spacial score (nSPS) is 10.9. The van der Waals surface area contributed by atoms with Gasteiger partial charge in [-0.1, -0.05) is 17.7 Å². The highest BCUT2D eigenvalue weighted by Crippen LogP contribution is 2.14. The summed E-state index contributed by atoms with van der Waals surface area (Å²) in [6.45, 7) is 2.96. The highest BCUT2D eigenvalue weighted by molar-refractivity contribution is 5.74. The molecule has 4 nitrogen and oxygen atoms in total. The lowest BCUT2D eigenvalue weighted by Gasteiger charge is -2.06. The first kappa shape index (κ1) is 12.7. The molecule has 0 radical (unpaired) electrons. The van der Waals surface area contributed by atoms with Crippen LogP contribution in [0.15, 0.2) is 42.7 Å². The Morgan fingerprint density at radius 3 is 2.70 bits per heavy atom. The van der Waals surface area contributed by atoms with Crippen LogP contribution >= 0.6 is 0 Å². The lowest BCUT2D eigenvalue weighted by Crippen LogP contribution is -2.08. The van der Waals surface area contributed by atoms with Crippen molar-refractivity contribution in [3.8, 4) is 0 Å². The van der Waals surface area contributed by atoms with Gasteiger partial charge >= 0.3 is 0 Å². The summed E-state index contributed by atoms with van der Waals surface area (Å²) in [5, 5.41) is 3.42. The number of nitrogens with zero attached hydrogens (tertiary/aromatic N) is 3. The van der Waals surface area contributed by atoms with Crippen molar-refractivity contribution in [2.24, 2.45) is 7.05 Å². The maximum Gasteiger partial charge on any atom is 0.111 e. The monoisotopic (exact) mass is 266 g/mol. The average Bonchev–Trinajstić information content (AvgIpc) is 2.78. The maximum atomic E-state index is 4.62. The van der Waals surface area contributed by atoms with Crippen molar-refractivity contribution in [1.29, 1.82) is 0 Å². The molecule has 102 valence electrons. The van der Waals surface area contributed by atoms with Gasteiger partial charge in [0.1, 0.15) is 11.3 Å². The van der Waals surface area contributed by atoms with E-state index in [1.165, 1.54) is 5.56 Å². The number of pyridine rings is 1. The van der Waals surface area contributed by atoms with E-state index >= 15 is 0 Å². The summed E-state index contributed by atoms with van der Waals surface area (Å²) in [4.78, 5) is 8.73. The summed E-state index contributed by atoms with van der Waals surface area (Å²) in [6.07, 6.45) is 4.50. The summed E-state index contributed by atoms with van der Waals surface area (Å²) in [7, 11) is 2.05. The van der Waals surface area contributed by atoms with Crippen LogP contribution in [-0.2, 0) is 13.5 Å². The predicted molar refractivity (Wildman–Crippen MR) is 81.9 cm³/mol. The van der Waals surface area contributed by atoms with Crippen LogP contribution in [0, 0.1) is 6.92 Å². The van der Waals surface area contributed by atoms with Gasteiger partial charge in [0.25, 0.3) is 0 Å². The van der Waals surface area contributed by atoms with E-state index in [-0.39, 0.29) is 0 Å². The second-order valence-corrected chi connectivity index (χ2v) is 4.99. The van der Waals surface area contributed by atoms with Gasteiger partial charge in [-0.2, -0.15) is 0 Å². The van der Waals surface area contributed by atoms with Crippen molar-refractivity contribution in [2.45, 2.75) is 13.3 Å². The number of aryl methyl sites for hydroxylation is 2. The predicted octanol–water partition coefficient (Wildman–Crippen LogP) is 2.93. The molecule has 0 atom stereocenters. The van der Waals surface area contributed by atoms with Gasteiger partial charge in [-0.25, -0.2) is 4.98 Å². The molecule has 0 aliphatic heterocycles. The number of imidazole rings is 1. The molecule has 0 unspecified atom stereocenters. The van der Waals surface area contributed by atoms with Crippen molar-refractivity contribution in [1.82, 2.24) is 14.5 Å². The molecule has 1 aromatic carbocycles. The van der Waals surface area contributed by atoms with Gasteiger partial charge in [-0.3, -0.25) is 4.98 Å². The maximum absolute atomic E-state index is 4.62. The quantitative estimate of drug-likeness (QED) is 0.789. The smallest absolute Gasteiger partial charge is 0.111 e. The number of hydrogen-bond donors (Lipinski definition) is 1. The van der Waals surface area contributed by atoms with Crippen molar-refractivity contribution in [3.05, 3.63) is 54.1 Å². The molecule has 2 aromatic heterocycles. The van der Waals surface area contributed by atoms with Crippen LogP contribution in [0.3, 0.4) is 0 Å². The third-order valence-electron chi connectivity index (χ3n) is 3.51. The molecule has 0 aliphatic rings. The molecule has 0 saturated heterocycles. The zero-order valence-electron chi connectivity index (χ0n) is 11.8. The van der Waals surface area contributed by atoms with Crippen LogP contribution in [-0.4, -0.2) is 21.1 Å². The van der Waals surface area contributed by atoms with E-state index in [1.807, 2.05) is 12.3 Å². The average molecular weight is 266 g/mol. The molecule has 1 N–H and O–H groups in total.